The minimum absolute atomic E-state index is 0.0569. The number of imide groups is 1. The number of nitrogens with zero attached hydrogens (tertiary/aromatic N) is 4. The van der Waals surface area contributed by atoms with Crippen LogP contribution in [-0.4, -0.2) is 24.1 Å². The maximum atomic E-state index is 12.8. The van der Waals surface area contributed by atoms with E-state index in [4.69, 9.17) is 10.3 Å². The van der Waals surface area contributed by atoms with Gasteiger partial charge in [-0.3, -0.25) is 4.79 Å². The third-order valence-corrected chi connectivity index (χ3v) is 3.44. The lowest BCUT2D eigenvalue weighted by Crippen LogP contribution is -2.45. The van der Waals surface area contributed by atoms with E-state index in [0.29, 0.717) is 11.3 Å². The average molecular weight is 302 g/mol. The monoisotopic (exact) mass is 302 g/mol. The first-order valence-corrected chi connectivity index (χ1v) is 6.88. The summed E-state index contributed by atoms with van der Waals surface area (Å²) in [6, 6.07) is 6.95. The number of rotatable bonds is 2. The number of hydrogen-bond donors (Lipinski definition) is 0. The Kier molecular flexibility index (Phi) is 3.85. The number of carbonyl (C=O) groups is 2. The van der Waals surface area contributed by atoms with Gasteiger partial charge in [-0.15, -0.1) is 0 Å². The van der Waals surface area contributed by atoms with Gasteiger partial charge in [-0.25, -0.2) is 9.69 Å². The molecule has 0 fully saturated rings. The van der Waals surface area contributed by atoms with Crippen molar-refractivity contribution in [2.24, 2.45) is 5.11 Å². The van der Waals surface area contributed by atoms with Crippen molar-refractivity contribution in [3.05, 3.63) is 40.3 Å². The number of hydrogen-bond acceptors (Lipinski definition) is 4. The molecule has 1 aromatic rings. The molecule has 116 valence electrons. The van der Waals surface area contributed by atoms with Gasteiger partial charge in [0.15, 0.2) is 0 Å². The highest BCUT2D eigenvalue weighted by Gasteiger charge is 2.50. The molecular formula is C15H18N4O3. The normalized spacial score (nSPS) is 20.4. The maximum absolute atomic E-state index is 12.8. The highest BCUT2D eigenvalue weighted by atomic mass is 16.6. The minimum atomic E-state index is -1.07. The number of azide groups is 1. The van der Waals surface area contributed by atoms with E-state index in [1.54, 1.807) is 52.0 Å². The van der Waals surface area contributed by atoms with Crippen LogP contribution in [0.5, 0.6) is 0 Å². The fourth-order valence-corrected chi connectivity index (χ4v) is 2.42. The smallest absolute Gasteiger partial charge is 0.421 e. The summed E-state index contributed by atoms with van der Waals surface area (Å²) in [5.74, 6) is -0.449. The number of ether oxygens (including phenoxy) is 1. The molecule has 1 unspecified atom stereocenters. The third-order valence-electron chi connectivity index (χ3n) is 3.44. The van der Waals surface area contributed by atoms with Crippen LogP contribution in [0.4, 0.5) is 10.5 Å². The summed E-state index contributed by atoms with van der Waals surface area (Å²) in [4.78, 5) is 28.9. The number of amides is 2. The van der Waals surface area contributed by atoms with E-state index in [0.717, 1.165) is 4.90 Å². The van der Waals surface area contributed by atoms with Gasteiger partial charge in [-0.1, -0.05) is 23.3 Å². The van der Waals surface area contributed by atoms with Crippen molar-refractivity contribution in [2.45, 2.75) is 38.7 Å². The molecule has 7 nitrogen and oxygen atoms in total. The van der Waals surface area contributed by atoms with Gasteiger partial charge in [-0.2, -0.15) is 0 Å². The van der Waals surface area contributed by atoms with Gasteiger partial charge in [0.2, 0.25) is 5.91 Å². The number of carbonyl (C=O) groups excluding carboxylic acids is 2. The Labute approximate surface area is 128 Å². The van der Waals surface area contributed by atoms with Crippen LogP contribution in [-0.2, 0) is 14.9 Å². The van der Waals surface area contributed by atoms with Crippen LogP contribution in [0, 0.1) is 0 Å². The van der Waals surface area contributed by atoms with E-state index >= 15 is 0 Å². The van der Waals surface area contributed by atoms with Crippen molar-refractivity contribution in [2.75, 3.05) is 11.4 Å². The molecule has 2 rings (SSSR count). The number of para-hydroxylation sites is 1. The molecule has 0 spiro atoms. The molecule has 1 heterocycles. The lowest BCUT2D eigenvalue weighted by Gasteiger charge is -2.25. The summed E-state index contributed by atoms with van der Waals surface area (Å²) in [5, 5.41) is 3.52. The Bertz CT molecular complexity index is 674. The van der Waals surface area contributed by atoms with Gasteiger partial charge in [-0.05, 0) is 44.9 Å². The molecule has 1 atom stereocenters. The number of anilines is 1. The minimum Gasteiger partial charge on any atom is -0.443 e. The predicted octanol–water partition coefficient (Wildman–Crippen LogP) is 3.54. The lowest BCUT2D eigenvalue weighted by atomic mass is 9.84. The summed E-state index contributed by atoms with van der Waals surface area (Å²) in [7, 11) is 0. The Hall–Kier alpha value is -2.53. The Balaban J connectivity index is 2.48. The van der Waals surface area contributed by atoms with Crippen LogP contribution < -0.4 is 4.90 Å². The highest BCUT2D eigenvalue weighted by molar-refractivity contribution is 6.21. The molecule has 22 heavy (non-hydrogen) atoms. The second-order valence-electron chi connectivity index (χ2n) is 6.36. The van der Waals surface area contributed by atoms with Crippen molar-refractivity contribution in [1.82, 2.24) is 0 Å². The van der Waals surface area contributed by atoms with Gasteiger partial charge in [0.1, 0.15) is 5.60 Å². The summed E-state index contributed by atoms with van der Waals surface area (Å²) in [6.45, 7) is 6.80. The number of benzene rings is 1. The van der Waals surface area contributed by atoms with Gasteiger partial charge in [0, 0.05) is 11.5 Å². The summed E-state index contributed by atoms with van der Waals surface area (Å²) in [5.41, 5.74) is 7.88. The average Bonchev–Trinajstić information content (AvgIpc) is 2.64. The van der Waals surface area contributed by atoms with E-state index in [1.807, 2.05) is 0 Å². The molecule has 0 N–H and O–H groups in total. The Morgan fingerprint density at radius 1 is 1.41 bits per heavy atom. The van der Waals surface area contributed by atoms with Crippen molar-refractivity contribution < 1.29 is 14.3 Å². The molecule has 0 radical (unpaired) electrons. The second kappa shape index (κ2) is 5.35. The molecular weight excluding hydrogens is 284 g/mol. The molecule has 1 aliphatic heterocycles. The fraction of sp³-hybridized carbons (Fsp3) is 0.467. The number of fused-ring (bicyclic) bond motifs is 1. The van der Waals surface area contributed by atoms with E-state index in [-0.39, 0.29) is 6.54 Å². The molecule has 0 saturated heterocycles. The van der Waals surface area contributed by atoms with Crippen molar-refractivity contribution in [3.63, 3.8) is 0 Å². The van der Waals surface area contributed by atoms with E-state index in [9.17, 15) is 9.59 Å². The van der Waals surface area contributed by atoms with Crippen LogP contribution in [0.1, 0.15) is 33.3 Å². The van der Waals surface area contributed by atoms with Crippen molar-refractivity contribution in [1.29, 1.82) is 0 Å². The quantitative estimate of drug-likeness (QED) is 0.475. The largest absolute Gasteiger partial charge is 0.443 e. The fourth-order valence-electron chi connectivity index (χ4n) is 2.42. The summed E-state index contributed by atoms with van der Waals surface area (Å²) < 4.78 is 5.31. The van der Waals surface area contributed by atoms with Crippen LogP contribution in [0.25, 0.3) is 10.4 Å². The molecule has 1 aromatic carbocycles. The predicted molar refractivity (Wildman–Crippen MR) is 81.5 cm³/mol. The van der Waals surface area contributed by atoms with Crippen LogP contribution in [0.15, 0.2) is 29.4 Å². The molecule has 7 heteroatoms. The van der Waals surface area contributed by atoms with Gasteiger partial charge in [0.25, 0.3) is 0 Å². The zero-order valence-electron chi connectivity index (χ0n) is 13.0. The Morgan fingerprint density at radius 3 is 2.64 bits per heavy atom. The molecule has 0 saturated carbocycles. The first kappa shape index (κ1) is 15.9. The molecule has 0 bridgehead atoms. The van der Waals surface area contributed by atoms with Gasteiger partial charge >= 0.3 is 6.09 Å². The second-order valence-corrected chi connectivity index (χ2v) is 6.36. The van der Waals surface area contributed by atoms with Crippen molar-refractivity contribution in [3.8, 4) is 0 Å². The molecule has 0 aliphatic carbocycles. The van der Waals surface area contributed by atoms with E-state index in [2.05, 4.69) is 10.0 Å². The third kappa shape index (κ3) is 2.63. The standard InChI is InChI=1S/C15H18N4O3/c1-14(2,3)22-13(21)19-11-8-6-5-7-10(11)15(4,12(19)20)9-17-18-16/h5-8H,9H2,1-4H3. The first-order chi connectivity index (χ1) is 10.2. The summed E-state index contributed by atoms with van der Waals surface area (Å²) in [6.07, 6.45) is -0.727. The SMILES string of the molecule is CC(C)(C)OC(=O)N1C(=O)C(C)(CN=[N+]=[N-])c2ccccc21. The first-order valence-electron chi connectivity index (χ1n) is 6.88. The van der Waals surface area contributed by atoms with Gasteiger partial charge in [0.05, 0.1) is 11.1 Å². The summed E-state index contributed by atoms with van der Waals surface area (Å²) >= 11 is 0. The topological polar surface area (TPSA) is 95.4 Å². The molecule has 0 aromatic heterocycles. The van der Waals surface area contributed by atoms with Crippen LogP contribution in [0.3, 0.4) is 0 Å². The van der Waals surface area contributed by atoms with Crippen LogP contribution in [0.2, 0.25) is 0 Å². The zero-order valence-corrected chi connectivity index (χ0v) is 13.0. The van der Waals surface area contributed by atoms with Crippen LogP contribution >= 0.6 is 0 Å². The molecule has 1 aliphatic rings. The highest BCUT2D eigenvalue weighted by Crippen LogP contribution is 2.42. The zero-order chi connectivity index (χ0) is 16.5. The molecule has 2 amide bonds. The maximum Gasteiger partial charge on any atom is 0.421 e. The van der Waals surface area contributed by atoms with Crippen molar-refractivity contribution >= 4 is 17.7 Å². The van der Waals surface area contributed by atoms with Gasteiger partial charge < -0.3 is 4.74 Å². The van der Waals surface area contributed by atoms with E-state index in [1.165, 1.54) is 0 Å². The Morgan fingerprint density at radius 2 is 2.05 bits per heavy atom. The van der Waals surface area contributed by atoms with E-state index < -0.39 is 23.0 Å². The lowest BCUT2D eigenvalue weighted by molar-refractivity contribution is -0.122.